The average Bonchev–Trinajstić information content (AvgIpc) is 1.88. The van der Waals surface area contributed by atoms with E-state index in [1.165, 1.54) is 0 Å². The minimum absolute atomic E-state index is 0.276. The predicted octanol–water partition coefficient (Wildman–Crippen LogP) is -0.273. The number of hydrogen-bond donors (Lipinski definition) is 1. The van der Waals surface area contributed by atoms with E-state index in [0.717, 1.165) is 5.69 Å². The summed E-state index contributed by atoms with van der Waals surface area (Å²) in [4.78, 5) is 7.53. The smallest absolute Gasteiger partial charge is 0.220 e. The van der Waals surface area contributed by atoms with Crippen LogP contribution in [0.15, 0.2) is 12.3 Å². The average molecular weight is 119 g/mol. The SMILES string of the molecule is [B]Cc1ccnc(N)n1. The van der Waals surface area contributed by atoms with Crippen LogP contribution in [0.5, 0.6) is 0 Å². The quantitative estimate of drug-likeness (QED) is 0.517. The summed E-state index contributed by atoms with van der Waals surface area (Å²) in [5.41, 5.74) is 6.02. The van der Waals surface area contributed by atoms with Gasteiger partial charge in [-0.1, -0.05) is 0 Å². The Bertz CT molecular complexity index is 201. The highest BCUT2D eigenvalue weighted by molar-refractivity contribution is 6.08. The van der Waals surface area contributed by atoms with Crippen LogP contribution in [-0.4, -0.2) is 17.8 Å². The lowest BCUT2D eigenvalue weighted by Crippen LogP contribution is -1.97. The Kier molecular flexibility index (Phi) is 1.67. The number of nitrogen functional groups attached to an aromatic ring is 1. The van der Waals surface area contributed by atoms with Crippen molar-refractivity contribution in [1.82, 2.24) is 9.97 Å². The zero-order valence-electron chi connectivity index (χ0n) is 4.91. The van der Waals surface area contributed by atoms with Gasteiger partial charge in [-0.2, -0.15) is 0 Å². The molecule has 2 N–H and O–H groups in total. The highest BCUT2D eigenvalue weighted by atomic mass is 15.0. The summed E-state index contributed by atoms with van der Waals surface area (Å²) in [6, 6.07) is 1.73. The van der Waals surface area contributed by atoms with Gasteiger partial charge in [-0.05, 0) is 12.4 Å². The number of nitrogens with zero attached hydrogens (tertiary/aromatic N) is 2. The van der Waals surface area contributed by atoms with E-state index in [1.807, 2.05) is 0 Å². The number of aromatic nitrogens is 2. The van der Waals surface area contributed by atoms with Gasteiger partial charge in [-0.15, -0.1) is 0 Å². The van der Waals surface area contributed by atoms with E-state index in [9.17, 15) is 0 Å². The molecule has 0 amide bonds. The van der Waals surface area contributed by atoms with Crippen LogP contribution in [0.25, 0.3) is 0 Å². The number of rotatable bonds is 1. The molecule has 1 aromatic rings. The molecule has 1 aromatic heterocycles. The number of anilines is 1. The molecule has 1 rings (SSSR count). The molecule has 0 fully saturated rings. The topological polar surface area (TPSA) is 51.8 Å². The molecule has 0 bridgehead atoms. The maximum atomic E-state index is 5.27. The normalized spacial score (nSPS) is 9.33. The van der Waals surface area contributed by atoms with Crippen LogP contribution in [0.3, 0.4) is 0 Å². The third-order valence-electron chi connectivity index (χ3n) is 0.941. The molecule has 44 valence electrons. The molecule has 4 heteroatoms. The van der Waals surface area contributed by atoms with E-state index in [1.54, 1.807) is 12.3 Å². The summed E-state index contributed by atoms with van der Waals surface area (Å²) in [6.07, 6.45) is 2.00. The second-order valence-corrected chi connectivity index (χ2v) is 1.61. The molecule has 0 saturated carbocycles. The summed E-state index contributed by atoms with van der Waals surface area (Å²) in [6.45, 7) is 0. The minimum atomic E-state index is 0.276. The first kappa shape index (κ1) is 6.07. The van der Waals surface area contributed by atoms with Crippen molar-refractivity contribution in [3.8, 4) is 0 Å². The van der Waals surface area contributed by atoms with Gasteiger partial charge in [-0.25, -0.2) is 9.97 Å². The van der Waals surface area contributed by atoms with Crippen molar-refractivity contribution in [3.05, 3.63) is 18.0 Å². The molecular weight excluding hydrogens is 113 g/mol. The fourth-order valence-electron chi connectivity index (χ4n) is 0.527. The molecule has 3 nitrogen and oxygen atoms in total. The van der Waals surface area contributed by atoms with Crippen LogP contribution in [-0.2, 0) is 6.32 Å². The van der Waals surface area contributed by atoms with Crippen molar-refractivity contribution in [2.24, 2.45) is 0 Å². The fraction of sp³-hybridized carbons (Fsp3) is 0.200. The Morgan fingerprint density at radius 3 is 2.89 bits per heavy atom. The van der Waals surface area contributed by atoms with Gasteiger partial charge in [0, 0.05) is 11.9 Å². The zero-order chi connectivity index (χ0) is 6.69. The molecule has 9 heavy (non-hydrogen) atoms. The van der Waals surface area contributed by atoms with Crippen LogP contribution in [0.1, 0.15) is 5.69 Å². The summed E-state index contributed by atoms with van der Waals surface area (Å²) in [5, 5.41) is 0. The lowest BCUT2D eigenvalue weighted by Gasteiger charge is -1.93. The van der Waals surface area contributed by atoms with Gasteiger partial charge in [0.05, 0.1) is 7.85 Å². The molecule has 0 spiro atoms. The highest BCUT2D eigenvalue weighted by Gasteiger charge is 1.89. The van der Waals surface area contributed by atoms with Gasteiger partial charge < -0.3 is 5.73 Å². The third kappa shape index (κ3) is 1.42. The summed E-state index contributed by atoms with van der Waals surface area (Å²) in [7, 11) is 5.27. The lowest BCUT2D eigenvalue weighted by atomic mass is 10.0. The second-order valence-electron chi connectivity index (χ2n) is 1.61. The zero-order valence-corrected chi connectivity index (χ0v) is 4.91. The monoisotopic (exact) mass is 119 g/mol. The second kappa shape index (κ2) is 2.48. The summed E-state index contributed by atoms with van der Waals surface area (Å²) >= 11 is 0. The van der Waals surface area contributed by atoms with Crippen LogP contribution in [0.2, 0.25) is 0 Å². The summed E-state index contributed by atoms with van der Waals surface area (Å²) in [5.74, 6) is 0.276. The Labute approximate surface area is 54.7 Å². The first-order valence-electron chi connectivity index (χ1n) is 2.60. The van der Waals surface area contributed by atoms with E-state index < -0.39 is 0 Å². The van der Waals surface area contributed by atoms with Crippen molar-refractivity contribution >= 4 is 13.8 Å². The molecule has 0 atom stereocenters. The third-order valence-corrected chi connectivity index (χ3v) is 0.941. The van der Waals surface area contributed by atoms with Crippen molar-refractivity contribution in [1.29, 1.82) is 0 Å². The van der Waals surface area contributed by atoms with Gasteiger partial charge >= 0.3 is 0 Å². The first-order valence-corrected chi connectivity index (χ1v) is 2.60. The maximum absolute atomic E-state index is 5.27. The van der Waals surface area contributed by atoms with Crippen LogP contribution in [0.4, 0.5) is 5.95 Å². The summed E-state index contributed by atoms with van der Waals surface area (Å²) < 4.78 is 0. The first-order chi connectivity index (χ1) is 4.33. The molecule has 1 heterocycles. The Hall–Kier alpha value is -1.06. The van der Waals surface area contributed by atoms with Crippen molar-refractivity contribution in [2.45, 2.75) is 6.32 Å². The van der Waals surface area contributed by atoms with Crippen LogP contribution >= 0.6 is 0 Å². The van der Waals surface area contributed by atoms with Gasteiger partial charge in [-0.3, -0.25) is 0 Å². The van der Waals surface area contributed by atoms with Crippen molar-refractivity contribution < 1.29 is 0 Å². The molecule has 2 radical (unpaired) electrons. The fourth-order valence-corrected chi connectivity index (χ4v) is 0.527. The highest BCUT2D eigenvalue weighted by Crippen LogP contribution is 1.93. The van der Waals surface area contributed by atoms with E-state index in [4.69, 9.17) is 13.6 Å². The molecule has 0 unspecified atom stereocenters. The van der Waals surface area contributed by atoms with Gasteiger partial charge in [0.25, 0.3) is 0 Å². The number of hydrogen-bond acceptors (Lipinski definition) is 3. The Morgan fingerprint density at radius 2 is 2.44 bits per heavy atom. The number of nitrogens with two attached hydrogens (primary N) is 1. The van der Waals surface area contributed by atoms with E-state index >= 15 is 0 Å². The van der Waals surface area contributed by atoms with Gasteiger partial charge in [0.15, 0.2) is 0 Å². The Balaban J connectivity index is 2.94. The molecule has 0 aromatic carbocycles. The minimum Gasteiger partial charge on any atom is -0.368 e. The van der Waals surface area contributed by atoms with Crippen LogP contribution in [0, 0.1) is 0 Å². The Morgan fingerprint density at radius 1 is 1.67 bits per heavy atom. The maximum Gasteiger partial charge on any atom is 0.220 e. The molecule has 0 aliphatic carbocycles. The van der Waals surface area contributed by atoms with Gasteiger partial charge in [0.2, 0.25) is 5.95 Å². The van der Waals surface area contributed by atoms with Gasteiger partial charge in [0.1, 0.15) is 0 Å². The molecule has 0 aliphatic heterocycles. The van der Waals surface area contributed by atoms with Crippen molar-refractivity contribution in [3.63, 3.8) is 0 Å². The predicted molar refractivity (Wildman–Crippen MR) is 35.9 cm³/mol. The van der Waals surface area contributed by atoms with Crippen LogP contribution < -0.4 is 5.73 Å². The van der Waals surface area contributed by atoms with E-state index in [-0.39, 0.29) is 5.95 Å². The van der Waals surface area contributed by atoms with E-state index in [2.05, 4.69) is 9.97 Å². The molecule has 0 saturated heterocycles. The lowest BCUT2D eigenvalue weighted by molar-refractivity contribution is 1.10. The molecular formula is C5H6BN3. The van der Waals surface area contributed by atoms with E-state index in [0.29, 0.717) is 6.32 Å². The largest absolute Gasteiger partial charge is 0.368 e. The standard InChI is InChI=1S/C5H6BN3/c6-3-4-1-2-8-5(7)9-4/h1-2H,3H2,(H2,7,8,9). The molecule has 0 aliphatic rings. The van der Waals surface area contributed by atoms with Crippen molar-refractivity contribution in [2.75, 3.05) is 5.73 Å².